The van der Waals surface area contributed by atoms with Gasteiger partial charge in [-0.25, -0.2) is 4.98 Å². The molecule has 3 saturated heterocycles. The summed E-state index contributed by atoms with van der Waals surface area (Å²) in [6, 6.07) is 14.0. The molecule has 4 N–H and O–H groups in total. The minimum absolute atomic E-state index is 0.0824. The standard InChI is InChI=1S/C32H39N7O2/c1-32(2)18-26(40)12-15-37(21-32)14-5-6-22-16-23(11-13-34-22)39-24-9-10-25(39)20-38(19-24)29-17-28(35-36-31(29)33)27-7-3-4-8-30(27)41/h3-4,7-8,11,13,16-17,24-26,40-41H,9-10,12,14-15,18-21H2,1-2H3,(H2,33,36). The zero-order chi connectivity index (χ0) is 28.6. The molecular weight excluding hydrogens is 514 g/mol. The van der Waals surface area contributed by atoms with E-state index in [2.05, 4.69) is 67.7 Å². The summed E-state index contributed by atoms with van der Waals surface area (Å²) in [5.41, 5.74) is 10.5. The van der Waals surface area contributed by atoms with Crippen molar-refractivity contribution in [3.8, 4) is 28.8 Å². The Balaban J connectivity index is 1.16. The number of anilines is 3. The zero-order valence-electron chi connectivity index (χ0n) is 23.9. The van der Waals surface area contributed by atoms with E-state index < -0.39 is 0 Å². The van der Waals surface area contributed by atoms with E-state index in [-0.39, 0.29) is 17.3 Å². The number of fused-ring (bicyclic) bond motifs is 2. The molecule has 214 valence electrons. The first-order valence-corrected chi connectivity index (χ1v) is 14.6. The maximum atomic E-state index is 10.3. The number of likely N-dealkylation sites (tertiary alicyclic amines) is 1. The molecule has 0 amide bonds. The van der Waals surface area contributed by atoms with Crippen molar-refractivity contribution in [1.29, 1.82) is 0 Å². The molecule has 9 heteroatoms. The van der Waals surface area contributed by atoms with Crippen LogP contribution in [0.1, 0.15) is 45.2 Å². The number of phenols is 1. The van der Waals surface area contributed by atoms with E-state index in [0.29, 0.717) is 35.7 Å². The SMILES string of the molecule is CC1(C)CC(O)CCN(CC#Cc2cc(N3C4CCC3CN(c3cc(-c5ccccc5O)nnc3N)C4)ccn2)C1. The fraction of sp³-hybridized carbons (Fsp3) is 0.469. The summed E-state index contributed by atoms with van der Waals surface area (Å²) in [6.07, 6.45) is 5.46. The predicted molar refractivity (Wildman–Crippen MR) is 162 cm³/mol. The number of piperazine rings is 1. The van der Waals surface area contributed by atoms with Gasteiger partial charge in [-0.05, 0) is 67.4 Å². The molecule has 3 aromatic rings. The molecular formula is C32H39N7O2. The summed E-state index contributed by atoms with van der Waals surface area (Å²) in [4.78, 5) is 11.7. The van der Waals surface area contributed by atoms with Gasteiger partial charge in [0.2, 0.25) is 0 Å². The molecule has 2 aromatic heterocycles. The molecule has 41 heavy (non-hydrogen) atoms. The summed E-state index contributed by atoms with van der Waals surface area (Å²) in [7, 11) is 0. The Morgan fingerprint density at radius 2 is 1.83 bits per heavy atom. The van der Waals surface area contributed by atoms with Gasteiger partial charge in [-0.2, -0.15) is 0 Å². The molecule has 6 rings (SSSR count). The van der Waals surface area contributed by atoms with Crippen LogP contribution in [0.5, 0.6) is 5.75 Å². The normalized spacial score (nSPS) is 24.0. The highest BCUT2D eigenvalue weighted by molar-refractivity contribution is 5.74. The molecule has 3 aliphatic heterocycles. The summed E-state index contributed by atoms with van der Waals surface area (Å²) in [6.45, 7) is 8.56. The topological polar surface area (TPSA) is 115 Å². The minimum atomic E-state index is -0.234. The average Bonchev–Trinajstić information content (AvgIpc) is 3.12. The van der Waals surface area contributed by atoms with Crippen LogP contribution in [0.25, 0.3) is 11.3 Å². The van der Waals surface area contributed by atoms with Crippen molar-refractivity contribution >= 4 is 17.2 Å². The van der Waals surface area contributed by atoms with E-state index in [1.165, 1.54) is 0 Å². The molecule has 0 saturated carbocycles. The highest BCUT2D eigenvalue weighted by atomic mass is 16.3. The van der Waals surface area contributed by atoms with E-state index >= 15 is 0 Å². The largest absolute Gasteiger partial charge is 0.507 e. The Bertz CT molecular complexity index is 1450. The number of hydrogen-bond acceptors (Lipinski definition) is 9. The second-order valence-electron chi connectivity index (χ2n) is 12.4. The predicted octanol–water partition coefficient (Wildman–Crippen LogP) is 3.52. The van der Waals surface area contributed by atoms with Gasteiger partial charge in [0.1, 0.15) is 11.4 Å². The Labute approximate surface area is 242 Å². The molecule has 1 aromatic carbocycles. The van der Waals surface area contributed by atoms with Gasteiger partial charge in [0.15, 0.2) is 5.82 Å². The van der Waals surface area contributed by atoms with Crippen LogP contribution in [0, 0.1) is 17.3 Å². The van der Waals surface area contributed by atoms with Gasteiger partial charge in [-0.3, -0.25) is 4.90 Å². The van der Waals surface area contributed by atoms with Crippen molar-refractivity contribution in [2.75, 3.05) is 48.3 Å². The lowest BCUT2D eigenvalue weighted by Crippen LogP contribution is -2.54. The van der Waals surface area contributed by atoms with E-state index in [4.69, 9.17) is 5.73 Å². The van der Waals surface area contributed by atoms with Crippen LogP contribution in [0.4, 0.5) is 17.2 Å². The quantitative estimate of drug-likeness (QED) is 0.418. The van der Waals surface area contributed by atoms with Crippen LogP contribution >= 0.6 is 0 Å². The monoisotopic (exact) mass is 553 g/mol. The Morgan fingerprint density at radius 1 is 1.05 bits per heavy atom. The Morgan fingerprint density at radius 3 is 2.61 bits per heavy atom. The molecule has 0 aliphatic carbocycles. The van der Waals surface area contributed by atoms with Crippen molar-refractivity contribution in [3.05, 3.63) is 54.4 Å². The third-order valence-electron chi connectivity index (χ3n) is 8.58. The first-order valence-electron chi connectivity index (χ1n) is 14.6. The molecule has 9 nitrogen and oxygen atoms in total. The molecule has 3 aliphatic rings. The number of phenolic OH excluding ortho intramolecular Hbond substituents is 1. The third kappa shape index (κ3) is 5.95. The smallest absolute Gasteiger partial charge is 0.169 e. The lowest BCUT2D eigenvalue weighted by atomic mass is 9.87. The number of rotatable bonds is 4. The van der Waals surface area contributed by atoms with Gasteiger partial charge >= 0.3 is 0 Å². The number of para-hydroxylation sites is 1. The molecule has 5 heterocycles. The number of aliphatic hydroxyl groups excluding tert-OH is 1. The van der Waals surface area contributed by atoms with Gasteiger partial charge in [-0.15, -0.1) is 10.2 Å². The van der Waals surface area contributed by atoms with Gasteiger partial charge < -0.3 is 25.7 Å². The van der Waals surface area contributed by atoms with Crippen LogP contribution in [-0.2, 0) is 0 Å². The number of pyridine rings is 1. The lowest BCUT2D eigenvalue weighted by Gasteiger charge is -2.43. The van der Waals surface area contributed by atoms with Crippen molar-refractivity contribution in [2.45, 2.75) is 57.7 Å². The Kier molecular flexibility index (Phi) is 7.45. The lowest BCUT2D eigenvalue weighted by molar-refractivity contribution is 0.122. The number of benzene rings is 1. The maximum absolute atomic E-state index is 10.3. The highest BCUT2D eigenvalue weighted by Gasteiger charge is 2.41. The average molecular weight is 554 g/mol. The molecule has 3 unspecified atom stereocenters. The van der Waals surface area contributed by atoms with E-state index in [1.807, 2.05) is 24.4 Å². The van der Waals surface area contributed by atoms with Crippen molar-refractivity contribution in [2.24, 2.45) is 5.41 Å². The van der Waals surface area contributed by atoms with Crippen LogP contribution in [0.15, 0.2) is 48.7 Å². The number of aromatic hydroxyl groups is 1. The molecule has 3 fully saturated rings. The van der Waals surface area contributed by atoms with Gasteiger partial charge in [0.25, 0.3) is 0 Å². The maximum Gasteiger partial charge on any atom is 0.169 e. The van der Waals surface area contributed by atoms with Crippen molar-refractivity contribution in [1.82, 2.24) is 20.1 Å². The summed E-state index contributed by atoms with van der Waals surface area (Å²) in [5, 5.41) is 29.0. The number of nitrogens with two attached hydrogens (primary N) is 1. The molecule has 0 radical (unpaired) electrons. The van der Waals surface area contributed by atoms with E-state index in [1.54, 1.807) is 12.1 Å². The number of aliphatic hydroxyl groups is 1. The molecule has 0 spiro atoms. The van der Waals surface area contributed by atoms with Crippen LogP contribution in [-0.4, -0.2) is 81.2 Å². The van der Waals surface area contributed by atoms with Gasteiger partial charge in [-0.1, -0.05) is 31.9 Å². The van der Waals surface area contributed by atoms with E-state index in [0.717, 1.165) is 68.9 Å². The van der Waals surface area contributed by atoms with Crippen LogP contribution in [0.3, 0.4) is 0 Å². The third-order valence-corrected chi connectivity index (χ3v) is 8.58. The fourth-order valence-corrected chi connectivity index (χ4v) is 6.83. The first-order chi connectivity index (χ1) is 19.8. The van der Waals surface area contributed by atoms with Crippen LogP contribution in [0.2, 0.25) is 0 Å². The molecule has 3 atom stereocenters. The number of nitrogens with zero attached hydrogens (tertiary/aromatic N) is 6. The number of aromatic nitrogens is 3. The van der Waals surface area contributed by atoms with Gasteiger partial charge in [0.05, 0.1) is 24.0 Å². The molecule has 2 bridgehead atoms. The second-order valence-corrected chi connectivity index (χ2v) is 12.4. The minimum Gasteiger partial charge on any atom is -0.507 e. The van der Waals surface area contributed by atoms with Gasteiger partial charge in [0, 0.05) is 55.7 Å². The first kappa shape index (κ1) is 27.3. The van der Waals surface area contributed by atoms with Crippen LogP contribution < -0.4 is 15.5 Å². The Hall–Kier alpha value is -3.87. The summed E-state index contributed by atoms with van der Waals surface area (Å²) in [5.74, 6) is 7.21. The van der Waals surface area contributed by atoms with E-state index in [9.17, 15) is 10.2 Å². The van der Waals surface area contributed by atoms with Crippen molar-refractivity contribution < 1.29 is 10.2 Å². The second kappa shape index (κ2) is 11.2. The fourth-order valence-electron chi connectivity index (χ4n) is 6.83. The zero-order valence-corrected chi connectivity index (χ0v) is 23.9. The highest BCUT2D eigenvalue weighted by Crippen LogP contribution is 2.39. The number of hydrogen-bond donors (Lipinski definition) is 3. The number of nitrogen functional groups attached to an aromatic ring is 1. The van der Waals surface area contributed by atoms with Crippen molar-refractivity contribution in [3.63, 3.8) is 0 Å². The summed E-state index contributed by atoms with van der Waals surface area (Å²) >= 11 is 0. The summed E-state index contributed by atoms with van der Waals surface area (Å²) < 4.78 is 0.